The SMILES string of the molecule is CCCOCc1ccccc1CN=C(NCC)NCc1cc(C(C)C)no1. The molecule has 2 rings (SSSR count). The molecule has 0 saturated heterocycles. The molecule has 1 heterocycles. The maximum Gasteiger partial charge on any atom is 0.191 e. The van der Waals surface area contributed by atoms with Gasteiger partial charge in [-0.15, -0.1) is 0 Å². The first-order chi connectivity index (χ1) is 13.1. The largest absolute Gasteiger partial charge is 0.377 e. The zero-order valence-electron chi connectivity index (χ0n) is 16.9. The minimum absolute atomic E-state index is 0.357. The molecule has 0 fully saturated rings. The summed E-state index contributed by atoms with van der Waals surface area (Å²) in [6, 6.07) is 10.3. The second-order valence-corrected chi connectivity index (χ2v) is 6.74. The summed E-state index contributed by atoms with van der Waals surface area (Å²) in [5, 5.41) is 10.7. The summed E-state index contributed by atoms with van der Waals surface area (Å²) in [7, 11) is 0. The van der Waals surface area contributed by atoms with Crippen LogP contribution in [0.25, 0.3) is 0 Å². The molecule has 0 atom stereocenters. The molecule has 2 N–H and O–H groups in total. The standard InChI is InChI=1S/C21H32N4O2/c1-5-11-26-15-18-10-8-7-9-17(18)13-23-21(22-6-2)24-14-19-12-20(16(3)4)25-27-19/h7-10,12,16H,5-6,11,13-15H2,1-4H3,(H2,22,23,24). The van der Waals surface area contributed by atoms with Gasteiger partial charge in [0.15, 0.2) is 11.7 Å². The van der Waals surface area contributed by atoms with E-state index in [4.69, 9.17) is 14.3 Å². The average Bonchev–Trinajstić information content (AvgIpc) is 3.14. The quantitative estimate of drug-likeness (QED) is 0.375. The van der Waals surface area contributed by atoms with Crippen LogP contribution in [0.2, 0.25) is 0 Å². The molecule has 0 aliphatic rings. The lowest BCUT2D eigenvalue weighted by molar-refractivity contribution is 0.121. The first-order valence-corrected chi connectivity index (χ1v) is 9.76. The van der Waals surface area contributed by atoms with Gasteiger partial charge < -0.3 is 19.9 Å². The molecule has 0 unspecified atom stereocenters. The maximum absolute atomic E-state index is 5.69. The Bertz CT molecular complexity index is 710. The van der Waals surface area contributed by atoms with Gasteiger partial charge in [0.2, 0.25) is 0 Å². The van der Waals surface area contributed by atoms with Crippen LogP contribution in [0.4, 0.5) is 0 Å². The van der Waals surface area contributed by atoms with Crippen molar-refractivity contribution in [2.24, 2.45) is 4.99 Å². The van der Waals surface area contributed by atoms with Gasteiger partial charge in [-0.2, -0.15) is 0 Å². The fraction of sp³-hybridized carbons (Fsp3) is 0.524. The highest BCUT2D eigenvalue weighted by Gasteiger charge is 2.08. The van der Waals surface area contributed by atoms with Crippen LogP contribution >= 0.6 is 0 Å². The van der Waals surface area contributed by atoms with Gasteiger partial charge in [-0.1, -0.05) is 50.2 Å². The number of ether oxygens (including phenoxy) is 1. The van der Waals surface area contributed by atoms with Gasteiger partial charge in [-0.3, -0.25) is 0 Å². The summed E-state index contributed by atoms with van der Waals surface area (Å²) < 4.78 is 11.1. The van der Waals surface area contributed by atoms with Gasteiger partial charge in [0, 0.05) is 19.2 Å². The van der Waals surface area contributed by atoms with E-state index in [0.29, 0.717) is 25.6 Å². The number of aliphatic imine (C=N–C) groups is 1. The number of hydrogen-bond acceptors (Lipinski definition) is 4. The van der Waals surface area contributed by atoms with Gasteiger partial charge in [0.25, 0.3) is 0 Å². The van der Waals surface area contributed by atoms with E-state index in [0.717, 1.165) is 37.0 Å². The van der Waals surface area contributed by atoms with Gasteiger partial charge in [-0.05, 0) is 30.4 Å². The van der Waals surface area contributed by atoms with E-state index >= 15 is 0 Å². The summed E-state index contributed by atoms with van der Waals surface area (Å²) in [4.78, 5) is 4.71. The zero-order valence-corrected chi connectivity index (χ0v) is 16.9. The van der Waals surface area contributed by atoms with E-state index in [1.54, 1.807) is 0 Å². The predicted octanol–water partition coefficient (Wildman–Crippen LogP) is 3.98. The monoisotopic (exact) mass is 372 g/mol. The van der Waals surface area contributed by atoms with Crippen LogP contribution in [0.3, 0.4) is 0 Å². The number of nitrogens with zero attached hydrogens (tertiary/aromatic N) is 2. The second-order valence-electron chi connectivity index (χ2n) is 6.74. The lowest BCUT2D eigenvalue weighted by Crippen LogP contribution is -2.36. The summed E-state index contributed by atoms with van der Waals surface area (Å²) in [6.45, 7) is 11.7. The van der Waals surface area contributed by atoms with E-state index in [1.165, 1.54) is 11.1 Å². The number of guanidine groups is 1. The average molecular weight is 373 g/mol. The van der Waals surface area contributed by atoms with Crippen molar-refractivity contribution in [3.63, 3.8) is 0 Å². The minimum Gasteiger partial charge on any atom is -0.377 e. The molecule has 27 heavy (non-hydrogen) atoms. The minimum atomic E-state index is 0.357. The lowest BCUT2D eigenvalue weighted by atomic mass is 10.1. The van der Waals surface area contributed by atoms with Gasteiger partial charge >= 0.3 is 0 Å². The van der Waals surface area contributed by atoms with Gasteiger partial charge in [0.05, 0.1) is 25.4 Å². The first-order valence-electron chi connectivity index (χ1n) is 9.76. The number of nitrogens with one attached hydrogen (secondary N) is 2. The molecule has 1 aromatic carbocycles. The highest BCUT2D eigenvalue weighted by atomic mass is 16.5. The molecule has 0 amide bonds. The Hall–Kier alpha value is -2.34. The van der Waals surface area contributed by atoms with Crippen molar-refractivity contribution in [1.29, 1.82) is 0 Å². The summed E-state index contributed by atoms with van der Waals surface area (Å²) in [6.07, 6.45) is 1.02. The molecule has 2 aromatic rings. The highest BCUT2D eigenvalue weighted by molar-refractivity contribution is 5.79. The predicted molar refractivity (Wildman–Crippen MR) is 109 cm³/mol. The normalized spacial score (nSPS) is 11.8. The molecule has 1 aromatic heterocycles. The fourth-order valence-electron chi connectivity index (χ4n) is 2.54. The molecule has 6 heteroatoms. The summed E-state index contributed by atoms with van der Waals surface area (Å²) in [5.74, 6) is 1.91. The van der Waals surface area contributed by atoms with Crippen LogP contribution in [0.15, 0.2) is 39.8 Å². The third kappa shape index (κ3) is 7.06. The Morgan fingerprint density at radius 1 is 1.19 bits per heavy atom. The molecular weight excluding hydrogens is 340 g/mol. The van der Waals surface area contributed by atoms with E-state index < -0.39 is 0 Å². The molecule has 0 aliphatic heterocycles. The maximum atomic E-state index is 5.69. The second kappa shape index (κ2) is 11.4. The van der Waals surface area contributed by atoms with Crippen molar-refractivity contribution >= 4 is 5.96 Å². The van der Waals surface area contributed by atoms with Crippen LogP contribution in [0, 0.1) is 0 Å². The molecule has 0 radical (unpaired) electrons. The molecule has 0 spiro atoms. The molecule has 148 valence electrons. The summed E-state index contributed by atoms with van der Waals surface area (Å²) >= 11 is 0. The number of aromatic nitrogens is 1. The van der Waals surface area contributed by atoms with Crippen molar-refractivity contribution in [2.45, 2.75) is 59.7 Å². The number of hydrogen-bond donors (Lipinski definition) is 2. The third-order valence-electron chi connectivity index (χ3n) is 4.07. The van der Waals surface area contributed by atoms with Gasteiger partial charge in [-0.25, -0.2) is 4.99 Å². The van der Waals surface area contributed by atoms with Crippen LogP contribution in [0.1, 0.15) is 62.6 Å². The van der Waals surface area contributed by atoms with Crippen molar-refractivity contribution in [1.82, 2.24) is 15.8 Å². The molecular formula is C21H32N4O2. The molecule has 0 saturated carbocycles. The molecule has 6 nitrogen and oxygen atoms in total. The van der Waals surface area contributed by atoms with Crippen molar-refractivity contribution in [3.05, 3.63) is 52.9 Å². The van der Waals surface area contributed by atoms with Crippen molar-refractivity contribution in [2.75, 3.05) is 13.2 Å². The van der Waals surface area contributed by atoms with E-state index in [9.17, 15) is 0 Å². The Morgan fingerprint density at radius 2 is 1.96 bits per heavy atom. The smallest absolute Gasteiger partial charge is 0.191 e. The highest BCUT2D eigenvalue weighted by Crippen LogP contribution is 2.14. The zero-order chi connectivity index (χ0) is 19.5. The first kappa shape index (κ1) is 21.0. The van der Waals surface area contributed by atoms with E-state index in [-0.39, 0.29) is 0 Å². The van der Waals surface area contributed by atoms with Crippen LogP contribution in [-0.4, -0.2) is 24.3 Å². The van der Waals surface area contributed by atoms with E-state index in [1.807, 2.05) is 18.2 Å². The Kier molecular flexibility index (Phi) is 8.84. The van der Waals surface area contributed by atoms with E-state index in [2.05, 4.69) is 55.6 Å². The summed E-state index contributed by atoms with van der Waals surface area (Å²) in [5.41, 5.74) is 3.32. The topological polar surface area (TPSA) is 71.7 Å². The Morgan fingerprint density at radius 3 is 2.63 bits per heavy atom. The van der Waals surface area contributed by atoms with Crippen LogP contribution < -0.4 is 10.6 Å². The third-order valence-corrected chi connectivity index (χ3v) is 4.07. The number of rotatable bonds is 10. The lowest BCUT2D eigenvalue weighted by Gasteiger charge is -2.12. The fourth-order valence-corrected chi connectivity index (χ4v) is 2.54. The van der Waals surface area contributed by atoms with Gasteiger partial charge in [0.1, 0.15) is 0 Å². The Balaban J connectivity index is 1.98. The van der Waals surface area contributed by atoms with Crippen LogP contribution in [0.5, 0.6) is 0 Å². The molecule has 0 aliphatic carbocycles. The van der Waals surface area contributed by atoms with Crippen molar-refractivity contribution < 1.29 is 9.26 Å². The Labute approximate surface area is 162 Å². The van der Waals surface area contributed by atoms with Crippen molar-refractivity contribution in [3.8, 4) is 0 Å². The number of benzene rings is 1. The van der Waals surface area contributed by atoms with Crippen LogP contribution in [-0.2, 0) is 24.4 Å². The molecule has 0 bridgehead atoms.